The van der Waals surface area contributed by atoms with Crippen LogP contribution < -0.4 is 0 Å². The standard InChI is InChI=1S/C16H19N3O3/c1-10(16(21)22-4)19-14(8-17)13-7-11(9-18(2)3)5-6-12(13)15(19)20/h5-7,10,14H,9H2,1-4H3. The molecule has 0 saturated heterocycles. The number of fused-ring (bicyclic) bond motifs is 1. The first-order valence-corrected chi connectivity index (χ1v) is 6.98. The third kappa shape index (κ3) is 2.68. The van der Waals surface area contributed by atoms with Crippen LogP contribution in [0.15, 0.2) is 18.2 Å². The lowest BCUT2D eigenvalue weighted by Crippen LogP contribution is -2.41. The predicted molar refractivity (Wildman–Crippen MR) is 79.8 cm³/mol. The van der Waals surface area contributed by atoms with E-state index in [2.05, 4.69) is 6.07 Å². The zero-order valence-electron chi connectivity index (χ0n) is 13.2. The van der Waals surface area contributed by atoms with Crippen molar-refractivity contribution in [3.63, 3.8) is 0 Å². The third-order valence-corrected chi connectivity index (χ3v) is 3.73. The SMILES string of the molecule is COC(=O)C(C)N1C(=O)c2ccc(CN(C)C)cc2C1C#N. The number of carbonyl (C=O) groups is 2. The minimum Gasteiger partial charge on any atom is -0.467 e. The molecular formula is C16H19N3O3. The fourth-order valence-corrected chi connectivity index (χ4v) is 2.72. The molecule has 0 aromatic heterocycles. The lowest BCUT2D eigenvalue weighted by molar-refractivity contribution is -0.145. The average Bonchev–Trinajstić information content (AvgIpc) is 2.76. The number of nitrogens with zero attached hydrogens (tertiary/aromatic N) is 3. The molecule has 1 aliphatic heterocycles. The summed E-state index contributed by atoms with van der Waals surface area (Å²) in [5, 5.41) is 9.47. The largest absolute Gasteiger partial charge is 0.467 e. The van der Waals surface area contributed by atoms with Crippen molar-refractivity contribution in [1.29, 1.82) is 5.26 Å². The highest BCUT2D eigenvalue weighted by Crippen LogP contribution is 2.35. The monoisotopic (exact) mass is 301 g/mol. The number of carbonyl (C=O) groups excluding carboxylic acids is 2. The number of hydrogen-bond acceptors (Lipinski definition) is 5. The number of benzene rings is 1. The van der Waals surface area contributed by atoms with Gasteiger partial charge in [0, 0.05) is 17.7 Å². The molecule has 6 nitrogen and oxygen atoms in total. The smallest absolute Gasteiger partial charge is 0.328 e. The number of hydrogen-bond donors (Lipinski definition) is 0. The molecule has 1 aromatic rings. The fourth-order valence-electron chi connectivity index (χ4n) is 2.72. The van der Waals surface area contributed by atoms with Gasteiger partial charge in [0.1, 0.15) is 12.1 Å². The Bertz CT molecular complexity index is 649. The summed E-state index contributed by atoms with van der Waals surface area (Å²) in [5.41, 5.74) is 2.15. The second kappa shape index (κ2) is 6.16. The van der Waals surface area contributed by atoms with E-state index in [1.54, 1.807) is 13.0 Å². The van der Waals surface area contributed by atoms with Gasteiger partial charge in [-0.15, -0.1) is 0 Å². The van der Waals surface area contributed by atoms with E-state index in [1.165, 1.54) is 12.0 Å². The summed E-state index contributed by atoms with van der Waals surface area (Å²) >= 11 is 0. The molecule has 2 atom stereocenters. The first-order chi connectivity index (χ1) is 10.4. The topological polar surface area (TPSA) is 73.6 Å². The second-order valence-corrected chi connectivity index (χ2v) is 5.60. The van der Waals surface area contributed by atoms with Gasteiger partial charge in [-0.1, -0.05) is 12.1 Å². The summed E-state index contributed by atoms with van der Waals surface area (Å²) in [7, 11) is 5.17. The molecule has 1 aromatic carbocycles. The van der Waals surface area contributed by atoms with Gasteiger partial charge < -0.3 is 14.5 Å². The zero-order valence-corrected chi connectivity index (χ0v) is 13.2. The normalized spacial score (nSPS) is 18.1. The molecule has 2 rings (SSSR count). The second-order valence-electron chi connectivity index (χ2n) is 5.60. The Hall–Kier alpha value is -2.39. The van der Waals surface area contributed by atoms with Crippen LogP contribution in [0.3, 0.4) is 0 Å². The number of amides is 1. The number of nitriles is 1. The minimum absolute atomic E-state index is 0.309. The van der Waals surface area contributed by atoms with E-state index in [-0.39, 0.29) is 5.91 Å². The maximum absolute atomic E-state index is 12.5. The van der Waals surface area contributed by atoms with Crippen molar-refractivity contribution < 1.29 is 14.3 Å². The van der Waals surface area contributed by atoms with Crippen LogP contribution in [0.5, 0.6) is 0 Å². The van der Waals surface area contributed by atoms with Crippen molar-refractivity contribution in [2.45, 2.75) is 25.6 Å². The number of ether oxygens (including phenoxy) is 1. The summed E-state index contributed by atoms with van der Waals surface area (Å²) < 4.78 is 4.69. The quantitative estimate of drug-likeness (QED) is 0.784. The lowest BCUT2D eigenvalue weighted by Gasteiger charge is -2.25. The fraction of sp³-hybridized carbons (Fsp3) is 0.438. The molecule has 0 fully saturated rings. The summed E-state index contributed by atoms with van der Waals surface area (Å²) in [6.45, 7) is 2.28. The Morgan fingerprint density at radius 2 is 2.18 bits per heavy atom. The number of esters is 1. The van der Waals surface area contributed by atoms with Crippen LogP contribution in [0.1, 0.15) is 34.5 Å². The van der Waals surface area contributed by atoms with Crippen LogP contribution in [0.4, 0.5) is 0 Å². The number of methoxy groups -OCH3 is 1. The third-order valence-electron chi connectivity index (χ3n) is 3.73. The average molecular weight is 301 g/mol. The van der Waals surface area contributed by atoms with Crippen LogP contribution in [-0.4, -0.2) is 48.9 Å². The molecule has 0 bridgehead atoms. The maximum atomic E-state index is 12.5. The van der Waals surface area contributed by atoms with Crippen molar-refractivity contribution in [2.75, 3.05) is 21.2 Å². The summed E-state index contributed by atoms with van der Waals surface area (Å²) in [4.78, 5) is 27.6. The summed E-state index contributed by atoms with van der Waals surface area (Å²) in [6.07, 6.45) is 0. The molecule has 2 unspecified atom stereocenters. The van der Waals surface area contributed by atoms with E-state index in [4.69, 9.17) is 4.74 Å². The Morgan fingerprint density at radius 3 is 2.73 bits per heavy atom. The van der Waals surface area contributed by atoms with Gasteiger partial charge in [0.05, 0.1) is 13.2 Å². The zero-order chi connectivity index (χ0) is 16.4. The molecular weight excluding hydrogens is 282 g/mol. The molecule has 6 heteroatoms. The van der Waals surface area contributed by atoms with Crippen LogP contribution >= 0.6 is 0 Å². The van der Waals surface area contributed by atoms with Gasteiger partial charge >= 0.3 is 5.97 Å². The van der Waals surface area contributed by atoms with Gasteiger partial charge in [-0.3, -0.25) is 4.79 Å². The van der Waals surface area contributed by atoms with Crippen molar-refractivity contribution >= 4 is 11.9 Å². The molecule has 1 amide bonds. The lowest BCUT2D eigenvalue weighted by atomic mass is 10.0. The van der Waals surface area contributed by atoms with Gasteiger partial charge in [-0.05, 0) is 32.6 Å². The first kappa shape index (κ1) is 16.0. The highest BCUT2D eigenvalue weighted by molar-refractivity contribution is 6.01. The Labute approximate surface area is 129 Å². The Balaban J connectivity index is 2.42. The minimum atomic E-state index is -0.799. The van der Waals surface area contributed by atoms with Crippen LogP contribution in [0.25, 0.3) is 0 Å². The van der Waals surface area contributed by atoms with Crippen LogP contribution in [0, 0.1) is 11.3 Å². The molecule has 0 N–H and O–H groups in total. The van der Waals surface area contributed by atoms with Crippen molar-refractivity contribution in [3.8, 4) is 6.07 Å². The van der Waals surface area contributed by atoms with E-state index in [1.807, 2.05) is 31.1 Å². The molecule has 0 aliphatic carbocycles. The first-order valence-electron chi connectivity index (χ1n) is 6.98. The Kier molecular flexibility index (Phi) is 4.48. The molecule has 0 spiro atoms. The van der Waals surface area contributed by atoms with E-state index in [0.29, 0.717) is 17.7 Å². The Morgan fingerprint density at radius 1 is 1.50 bits per heavy atom. The molecule has 0 saturated carbocycles. The van der Waals surface area contributed by atoms with Gasteiger partial charge in [0.15, 0.2) is 0 Å². The van der Waals surface area contributed by atoms with Gasteiger partial charge in [0.25, 0.3) is 5.91 Å². The van der Waals surface area contributed by atoms with E-state index < -0.39 is 18.1 Å². The molecule has 1 heterocycles. The maximum Gasteiger partial charge on any atom is 0.328 e. The molecule has 0 radical (unpaired) electrons. The van der Waals surface area contributed by atoms with Gasteiger partial charge in [-0.2, -0.15) is 5.26 Å². The summed E-state index contributed by atoms with van der Waals surface area (Å²) in [5.74, 6) is -0.842. The van der Waals surface area contributed by atoms with E-state index >= 15 is 0 Å². The highest BCUT2D eigenvalue weighted by atomic mass is 16.5. The molecule has 1 aliphatic rings. The molecule has 22 heavy (non-hydrogen) atoms. The van der Waals surface area contributed by atoms with E-state index in [9.17, 15) is 14.9 Å². The predicted octanol–water partition coefficient (Wildman–Crippen LogP) is 1.33. The van der Waals surface area contributed by atoms with Crippen molar-refractivity contribution in [1.82, 2.24) is 9.80 Å². The van der Waals surface area contributed by atoms with Crippen LogP contribution in [-0.2, 0) is 16.1 Å². The summed E-state index contributed by atoms with van der Waals surface area (Å²) in [6, 6.07) is 6.03. The molecule has 116 valence electrons. The van der Waals surface area contributed by atoms with Crippen LogP contribution in [0.2, 0.25) is 0 Å². The van der Waals surface area contributed by atoms with E-state index in [0.717, 1.165) is 5.56 Å². The van der Waals surface area contributed by atoms with Crippen molar-refractivity contribution in [2.24, 2.45) is 0 Å². The van der Waals surface area contributed by atoms with Gasteiger partial charge in [0.2, 0.25) is 0 Å². The number of rotatable bonds is 4. The van der Waals surface area contributed by atoms with Crippen molar-refractivity contribution in [3.05, 3.63) is 34.9 Å². The highest BCUT2D eigenvalue weighted by Gasteiger charge is 2.42. The van der Waals surface area contributed by atoms with Gasteiger partial charge in [-0.25, -0.2) is 4.79 Å².